The number of aromatic nitrogens is 2. The molecule has 0 saturated heterocycles. The van der Waals surface area contributed by atoms with Gasteiger partial charge in [0.25, 0.3) is 0 Å². The van der Waals surface area contributed by atoms with Gasteiger partial charge in [0.15, 0.2) is 5.75 Å². The van der Waals surface area contributed by atoms with E-state index in [1.807, 2.05) is 54.2 Å². The molecule has 0 unspecified atom stereocenters. The molecule has 0 atom stereocenters. The molecule has 1 aliphatic carbocycles. The first-order valence-electron chi connectivity index (χ1n) is 13.4. The number of anilines is 1. The summed E-state index contributed by atoms with van der Waals surface area (Å²) >= 11 is 6.24. The number of nitrogens with zero attached hydrogens (tertiary/aromatic N) is 2. The molecule has 5 rings (SSSR count). The number of aryl methyl sites for hydroxylation is 2. The van der Waals surface area contributed by atoms with Crippen molar-refractivity contribution in [3.63, 3.8) is 0 Å². The second kappa shape index (κ2) is 11.9. The summed E-state index contributed by atoms with van der Waals surface area (Å²) in [5.41, 5.74) is 5.91. The lowest BCUT2D eigenvalue weighted by Gasteiger charge is -2.22. The molecule has 1 aliphatic rings. The van der Waals surface area contributed by atoms with Gasteiger partial charge in [0.2, 0.25) is 0 Å². The highest BCUT2D eigenvalue weighted by Gasteiger charge is 2.18. The minimum Gasteiger partial charge on any atom is -0.408 e. The zero-order valence-electron chi connectivity index (χ0n) is 21.5. The summed E-state index contributed by atoms with van der Waals surface area (Å²) in [6.45, 7) is 1.57. The fourth-order valence-electron chi connectivity index (χ4n) is 5.31. The van der Waals surface area contributed by atoms with Crippen LogP contribution in [0.15, 0.2) is 48.7 Å². The van der Waals surface area contributed by atoms with Crippen molar-refractivity contribution in [3.05, 3.63) is 64.9 Å². The first kappa shape index (κ1) is 25.4. The lowest BCUT2D eigenvalue weighted by atomic mass is 9.92. The average molecular weight is 519 g/mol. The Morgan fingerprint density at radius 2 is 1.78 bits per heavy atom. The number of unbranched alkanes of at least 4 members (excludes halogenated alkanes) is 4. The van der Waals surface area contributed by atoms with Gasteiger partial charge in [-0.3, -0.25) is 4.98 Å². The van der Waals surface area contributed by atoms with E-state index in [1.54, 1.807) is 0 Å². The summed E-state index contributed by atoms with van der Waals surface area (Å²) in [5, 5.41) is 9.46. The Balaban J connectivity index is 1.02. The molecule has 7 heteroatoms. The Hall–Kier alpha value is -3.25. The van der Waals surface area contributed by atoms with Gasteiger partial charge in [-0.1, -0.05) is 43.0 Å². The summed E-state index contributed by atoms with van der Waals surface area (Å²) in [6, 6.07) is 13.9. The van der Waals surface area contributed by atoms with Crippen LogP contribution >= 0.6 is 11.6 Å². The van der Waals surface area contributed by atoms with Crippen LogP contribution in [0.1, 0.15) is 56.2 Å². The molecule has 0 saturated carbocycles. The summed E-state index contributed by atoms with van der Waals surface area (Å²) < 4.78 is 7.50. The van der Waals surface area contributed by atoms with Crippen LogP contribution in [-0.2, 0) is 19.9 Å². The molecule has 2 N–H and O–H groups in total. The van der Waals surface area contributed by atoms with Crippen molar-refractivity contribution in [2.45, 2.75) is 57.8 Å². The number of rotatable bonds is 10. The standard InChI is InChI=1S/C30H35ClN4O2/c1-35-20-28(24-12-6-8-14-27(24)35)37-30(36)33-18-10-4-2-3-9-17-32-29-22-11-5-7-13-25(22)34-26-19-21(31)15-16-23(26)29/h6,8,12,14-16,19-20H,2-5,7,9-11,13,17-18H2,1H3,(H,32,34)(H,33,36). The van der Waals surface area contributed by atoms with E-state index in [0.717, 1.165) is 72.9 Å². The van der Waals surface area contributed by atoms with Crippen molar-refractivity contribution in [1.29, 1.82) is 0 Å². The van der Waals surface area contributed by atoms with Crippen molar-refractivity contribution < 1.29 is 9.53 Å². The molecule has 2 heterocycles. The highest BCUT2D eigenvalue weighted by Crippen LogP contribution is 2.34. The molecule has 0 radical (unpaired) electrons. The molecule has 0 spiro atoms. The number of amides is 1. The second-order valence-electron chi connectivity index (χ2n) is 9.91. The largest absolute Gasteiger partial charge is 0.412 e. The number of nitrogens with one attached hydrogen (secondary N) is 2. The highest BCUT2D eigenvalue weighted by atomic mass is 35.5. The fourth-order valence-corrected chi connectivity index (χ4v) is 5.47. The molecule has 0 aliphatic heterocycles. The summed E-state index contributed by atoms with van der Waals surface area (Å²) in [4.78, 5) is 17.1. The quantitative estimate of drug-likeness (QED) is 0.214. The van der Waals surface area contributed by atoms with Gasteiger partial charge >= 0.3 is 6.09 Å². The van der Waals surface area contributed by atoms with E-state index in [-0.39, 0.29) is 0 Å². The lowest BCUT2D eigenvalue weighted by molar-refractivity contribution is 0.200. The number of ether oxygens (including phenoxy) is 1. The third-order valence-corrected chi connectivity index (χ3v) is 7.45. The minimum absolute atomic E-state index is 0.394. The summed E-state index contributed by atoms with van der Waals surface area (Å²) in [7, 11) is 1.95. The summed E-state index contributed by atoms with van der Waals surface area (Å²) in [5.74, 6) is 0.592. The number of para-hydroxylation sites is 1. The van der Waals surface area contributed by atoms with E-state index in [4.69, 9.17) is 21.3 Å². The van der Waals surface area contributed by atoms with Crippen LogP contribution in [0.2, 0.25) is 5.02 Å². The zero-order valence-corrected chi connectivity index (χ0v) is 22.2. The number of hydrogen-bond acceptors (Lipinski definition) is 4. The molecular weight excluding hydrogens is 484 g/mol. The molecular formula is C30H35ClN4O2. The van der Waals surface area contributed by atoms with Crippen molar-refractivity contribution in [2.24, 2.45) is 7.05 Å². The third-order valence-electron chi connectivity index (χ3n) is 7.21. The maximum absolute atomic E-state index is 12.2. The smallest absolute Gasteiger partial charge is 0.408 e. The number of pyridine rings is 1. The predicted octanol–water partition coefficient (Wildman–Crippen LogP) is 7.41. The number of carbonyl (C=O) groups excluding carboxylic acids is 1. The van der Waals surface area contributed by atoms with E-state index in [2.05, 4.69) is 16.7 Å². The Labute approximate surface area is 223 Å². The van der Waals surface area contributed by atoms with Crippen LogP contribution in [0, 0.1) is 0 Å². The Morgan fingerprint density at radius 1 is 1.00 bits per heavy atom. The SMILES string of the molecule is Cn1cc(OC(=O)NCCCCCCCNc2c3c(nc4cc(Cl)ccc24)CCCC3)c2ccccc21. The molecule has 2 aromatic carbocycles. The van der Waals surface area contributed by atoms with E-state index in [9.17, 15) is 4.79 Å². The highest BCUT2D eigenvalue weighted by molar-refractivity contribution is 6.31. The molecule has 1 amide bonds. The van der Waals surface area contributed by atoms with Gasteiger partial charge < -0.3 is 19.9 Å². The van der Waals surface area contributed by atoms with Crippen LogP contribution in [0.5, 0.6) is 5.75 Å². The molecule has 2 aromatic heterocycles. The second-order valence-corrected chi connectivity index (χ2v) is 10.3. The van der Waals surface area contributed by atoms with Crippen molar-refractivity contribution in [2.75, 3.05) is 18.4 Å². The average Bonchev–Trinajstić information content (AvgIpc) is 3.21. The van der Waals surface area contributed by atoms with Gasteiger partial charge in [0.05, 0.1) is 11.0 Å². The number of halogens is 1. The van der Waals surface area contributed by atoms with Crippen molar-refractivity contribution in [1.82, 2.24) is 14.9 Å². The lowest BCUT2D eigenvalue weighted by Crippen LogP contribution is -2.27. The summed E-state index contributed by atoms with van der Waals surface area (Å²) in [6.07, 6.45) is 11.5. The van der Waals surface area contributed by atoms with E-state index >= 15 is 0 Å². The molecule has 37 heavy (non-hydrogen) atoms. The monoisotopic (exact) mass is 518 g/mol. The molecule has 4 aromatic rings. The molecule has 0 fully saturated rings. The van der Waals surface area contributed by atoms with Crippen LogP contribution < -0.4 is 15.4 Å². The van der Waals surface area contributed by atoms with Gasteiger partial charge in [0, 0.05) is 53.5 Å². The Bertz CT molecular complexity index is 1400. The number of hydrogen-bond donors (Lipinski definition) is 2. The van der Waals surface area contributed by atoms with Gasteiger partial charge in [-0.05, 0) is 74.4 Å². The first-order chi connectivity index (χ1) is 18.1. The van der Waals surface area contributed by atoms with Crippen LogP contribution in [0.3, 0.4) is 0 Å². The molecule has 194 valence electrons. The van der Waals surface area contributed by atoms with Gasteiger partial charge in [0.1, 0.15) is 0 Å². The van der Waals surface area contributed by atoms with E-state index in [1.165, 1.54) is 35.2 Å². The van der Waals surface area contributed by atoms with Crippen LogP contribution in [-0.4, -0.2) is 28.7 Å². The zero-order chi connectivity index (χ0) is 25.6. The third kappa shape index (κ3) is 6.02. The van der Waals surface area contributed by atoms with Gasteiger partial charge in [-0.25, -0.2) is 4.79 Å². The Morgan fingerprint density at radius 3 is 2.68 bits per heavy atom. The number of fused-ring (bicyclic) bond motifs is 3. The molecule has 0 bridgehead atoms. The van der Waals surface area contributed by atoms with E-state index in [0.29, 0.717) is 12.3 Å². The predicted molar refractivity (Wildman–Crippen MR) is 152 cm³/mol. The normalized spacial score (nSPS) is 13.0. The maximum atomic E-state index is 12.2. The van der Waals surface area contributed by atoms with Gasteiger partial charge in [-0.15, -0.1) is 0 Å². The van der Waals surface area contributed by atoms with Gasteiger partial charge in [-0.2, -0.15) is 0 Å². The number of carbonyl (C=O) groups is 1. The topological polar surface area (TPSA) is 68.2 Å². The maximum Gasteiger partial charge on any atom is 0.412 e. The van der Waals surface area contributed by atoms with Crippen LogP contribution in [0.4, 0.5) is 10.5 Å². The van der Waals surface area contributed by atoms with E-state index < -0.39 is 6.09 Å². The van der Waals surface area contributed by atoms with Crippen molar-refractivity contribution in [3.8, 4) is 5.75 Å². The Kier molecular flexibility index (Phi) is 8.15. The molecule has 6 nitrogen and oxygen atoms in total. The van der Waals surface area contributed by atoms with Crippen molar-refractivity contribution >= 4 is 45.2 Å². The number of benzene rings is 2. The minimum atomic E-state index is -0.394. The fraction of sp³-hybridized carbons (Fsp3) is 0.400. The first-order valence-corrected chi connectivity index (χ1v) is 13.8. The van der Waals surface area contributed by atoms with Crippen LogP contribution in [0.25, 0.3) is 21.8 Å².